The Kier molecular flexibility index (Phi) is 8.35. The summed E-state index contributed by atoms with van der Waals surface area (Å²) in [5.41, 5.74) is 1.03. The van der Waals surface area contributed by atoms with E-state index >= 15 is 0 Å². The van der Waals surface area contributed by atoms with Gasteiger partial charge in [-0.15, -0.1) is 0 Å². The largest absolute Gasteiger partial charge is 0.385 e. The quantitative estimate of drug-likeness (QED) is 0.713. The number of likely N-dealkylation sites (N-methyl/N-ethyl adjacent to an activating group) is 1. The molecular weight excluding hydrogens is 288 g/mol. The number of nitrogens with zero attached hydrogens (tertiary/aromatic N) is 1. The number of carbonyl (C=O) groups is 1. The number of hydrogen-bond acceptors (Lipinski definition) is 3. The van der Waals surface area contributed by atoms with Crippen molar-refractivity contribution >= 4 is 17.5 Å². The first-order valence-electron chi connectivity index (χ1n) is 7.22. The van der Waals surface area contributed by atoms with E-state index in [1.165, 1.54) is 0 Å². The van der Waals surface area contributed by atoms with Gasteiger partial charge in [-0.3, -0.25) is 4.79 Å². The van der Waals surface area contributed by atoms with Gasteiger partial charge in [0.1, 0.15) is 0 Å². The standard InChI is InChI=1S/C16H25ClN2O2/c1-19(2)15(13-8-4-5-9-14(13)17)12-18-16(20)10-6-7-11-21-3/h4-5,8-9,15H,6-7,10-12H2,1-3H3,(H,18,20)/t15-/m0/s1. The fourth-order valence-electron chi connectivity index (χ4n) is 2.15. The van der Waals surface area contributed by atoms with Crippen molar-refractivity contribution in [3.05, 3.63) is 34.9 Å². The molecule has 4 nitrogen and oxygen atoms in total. The third kappa shape index (κ3) is 6.46. The maximum atomic E-state index is 11.8. The van der Waals surface area contributed by atoms with Crippen LogP contribution in [0, 0.1) is 0 Å². The van der Waals surface area contributed by atoms with Crippen LogP contribution in [0.5, 0.6) is 0 Å². The summed E-state index contributed by atoms with van der Waals surface area (Å²) in [6.07, 6.45) is 2.29. The molecule has 1 rings (SSSR count). The Bertz CT molecular complexity index is 438. The highest BCUT2D eigenvalue weighted by Gasteiger charge is 2.17. The fourth-order valence-corrected chi connectivity index (χ4v) is 2.41. The topological polar surface area (TPSA) is 41.6 Å². The lowest BCUT2D eigenvalue weighted by atomic mass is 10.1. The Balaban J connectivity index is 2.49. The summed E-state index contributed by atoms with van der Waals surface area (Å²) in [5.74, 6) is 0.0741. The highest BCUT2D eigenvalue weighted by atomic mass is 35.5. The molecule has 0 aliphatic carbocycles. The number of carbonyl (C=O) groups excluding carboxylic acids is 1. The van der Waals surface area contributed by atoms with Crippen LogP contribution in [0.15, 0.2) is 24.3 Å². The van der Waals surface area contributed by atoms with Crippen LogP contribution in [-0.2, 0) is 9.53 Å². The van der Waals surface area contributed by atoms with Crippen molar-refractivity contribution in [2.45, 2.75) is 25.3 Å². The zero-order valence-electron chi connectivity index (χ0n) is 13.1. The lowest BCUT2D eigenvalue weighted by molar-refractivity contribution is -0.121. The molecule has 0 aliphatic heterocycles. The Morgan fingerprint density at radius 2 is 2.05 bits per heavy atom. The molecule has 0 aliphatic rings. The molecule has 0 radical (unpaired) electrons. The van der Waals surface area contributed by atoms with E-state index in [2.05, 4.69) is 10.2 Å². The highest BCUT2D eigenvalue weighted by Crippen LogP contribution is 2.25. The summed E-state index contributed by atoms with van der Waals surface area (Å²) < 4.78 is 4.97. The summed E-state index contributed by atoms with van der Waals surface area (Å²) in [6.45, 7) is 1.26. The molecule has 0 saturated carbocycles. The molecule has 0 aromatic heterocycles. The molecule has 0 heterocycles. The summed E-state index contributed by atoms with van der Waals surface area (Å²) in [6, 6.07) is 7.82. The summed E-state index contributed by atoms with van der Waals surface area (Å²) in [7, 11) is 5.64. The van der Waals surface area contributed by atoms with E-state index in [1.807, 2.05) is 38.4 Å². The van der Waals surface area contributed by atoms with Crippen molar-refractivity contribution in [1.29, 1.82) is 0 Å². The molecule has 0 fully saturated rings. The van der Waals surface area contributed by atoms with E-state index in [-0.39, 0.29) is 11.9 Å². The normalized spacial score (nSPS) is 12.4. The molecule has 5 heteroatoms. The number of halogens is 1. The van der Waals surface area contributed by atoms with Gasteiger partial charge in [-0.25, -0.2) is 0 Å². The van der Waals surface area contributed by atoms with Crippen molar-refractivity contribution < 1.29 is 9.53 Å². The van der Waals surface area contributed by atoms with E-state index in [9.17, 15) is 4.79 Å². The van der Waals surface area contributed by atoms with Crippen molar-refractivity contribution in [1.82, 2.24) is 10.2 Å². The van der Waals surface area contributed by atoms with Gasteiger partial charge >= 0.3 is 0 Å². The van der Waals surface area contributed by atoms with Crippen LogP contribution in [0.4, 0.5) is 0 Å². The predicted molar refractivity (Wildman–Crippen MR) is 86.6 cm³/mol. The molecule has 0 unspecified atom stereocenters. The molecule has 1 amide bonds. The molecule has 118 valence electrons. The first-order valence-corrected chi connectivity index (χ1v) is 7.60. The SMILES string of the molecule is COCCCCC(=O)NC[C@@H](c1ccccc1Cl)N(C)C. The first kappa shape index (κ1) is 18.0. The minimum Gasteiger partial charge on any atom is -0.385 e. The third-order valence-corrected chi connectivity index (χ3v) is 3.73. The number of amides is 1. The Morgan fingerprint density at radius 1 is 1.33 bits per heavy atom. The third-order valence-electron chi connectivity index (χ3n) is 3.38. The van der Waals surface area contributed by atoms with Crippen molar-refractivity contribution in [2.75, 3.05) is 34.4 Å². The number of hydrogen-bond donors (Lipinski definition) is 1. The zero-order valence-corrected chi connectivity index (χ0v) is 13.8. The highest BCUT2D eigenvalue weighted by molar-refractivity contribution is 6.31. The molecule has 0 saturated heterocycles. The number of unbranched alkanes of at least 4 members (excludes halogenated alkanes) is 1. The predicted octanol–water partition coefficient (Wildman–Crippen LogP) is 2.88. The fraction of sp³-hybridized carbons (Fsp3) is 0.562. The van der Waals surface area contributed by atoms with Crippen LogP contribution >= 0.6 is 11.6 Å². The number of rotatable bonds is 9. The molecular formula is C16H25ClN2O2. The summed E-state index contributed by atoms with van der Waals surface area (Å²) >= 11 is 6.24. The van der Waals surface area contributed by atoms with E-state index in [4.69, 9.17) is 16.3 Å². The van der Waals surface area contributed by atoms with Crippen LogP contribution in [0.3, 0.4) is 0 Å². The van der Waals surface area contributed by atoms with Crippen molar-refractivity contribution in [2.24, 2.45) is 0 Å². The number of ether oxygens (including phenoxy) is 1. The average Bonchev–Trinajstić information content (AvgIpc) is 2.45. The van der Waals surface area contributed by atoms with Gasteiger partial charge in [0.05, 0.1) is 6.04 Å². The van der Waals surface area contributed by atoms with Crippen LogP contribution in [0.1, 0.15) is 30.9 Å². The van der Waals surface area contributed by atoms with Gasteiger partial charge in [-0.2, -0.15) is 0 Å². The Morgan fingerprint density at radius 3 is 2.67 bits per heavy atom. The van der Waals surface area contributed by atoms with Gasteiger partial charge in [0.15, 0.2) is 0 Å². The van der Waals surface area contributed by atoms with Crippen LogP contribution in [0.2, 0.25) is 5.02 Å². The average molecular weight is 313 g/mol. The molecule has 21 heavy (non-hydrogen) atoms. The lowest BCUT2D eigenvalue weighted by Gasteiger charge is -2.26. The van der Waals surface area contributed by atoms with E-state index in [1.54, 1.807) is 7.11 Å². The van der Waals surface area contributed by atoms with Gasteiger partial charge in [0, 0.05) is 31.7 Å². The number of benzene rings is 1. The van der Waals surface area contributed by atoms with Crippen LogP contribution < -0.4 is 5.32 Å². The van der Waals surface area contributed by atoms with Gasteiger partial charge in [0.25, 0.3) is 0 Å². The van der Waals surface area contributed by atoms with E-state index < -0.39 is 0 Å². The second-order valence-electron chi connectivity index (χ2n) is 5.25. The maximum absolute atomic E-state index is 11.8. The second kappa shape index (κ2) is 9.77. The van der Waals surface area contributed by atoms with E-state index in [0.717, 1.165) is 23.4 Å². The lowest BCUT2D eigenvalue weighted by Crippen LogP contribution is -2.34. The monoisotopic (exact) mass is 312 g/mol. The van der Waals surface area contributed by atoms with Crippen molar-refractivity contribution in [3.8, 4) is 0 Å². The van der Waals surface area contributed by atoms with E-state index in [0.29, 0.717) is 19.6 Å². The van der Waals surface area contributed by atoms with Crippen LogP contribution in [0.25, 0.3) is 0 Å². The summed E-state index contributed by atoms with van der Waals surface area (Å²) in [4.78, 5) is 13.9. The van der Waals surface area contributed by atoms with Gasteiger partial charge in [0.2, 0.25) is 5.91 Å². The number of nitrogens with one attached hydrogen (secondary N) is 1. The van der Waals surface area contributed by atoms with Crippen LogP contribution in [-0.4, -0.2) is 45.2 Å². The molecule has 0 spiro atoms. The second-order valence-corrected chi connectivity index (χ2v) is 5.66. The molecule has 0 bridgehead atoms. The van der Waals surface area contributed by atoms with Gasteiger partial charge < -0.3 is 15.0 Å². The zero-order chi connectivity index (χ0) is 15.7. The first-order chi connectivity index (χ1) is 10.1. The maximum Gasteiger partial charge on any atom is 0.220 e. The van der Waals surface area contributed by atoms with Gasteiger partial charge in [-0.1, -0.05) is 29.8 Å². The molecule has 1 N–H and O–H groups in total. The Labute approximate surface area is 132 Å². The Hall–Kier alpha value is -1.10. The summed E-state index contributed by atoms with van der Waals surface area (Å²) in [5, 5.41) is 3.71. The molecule has 1 atom stereocenters. The minimum atomic E-state index is 0.0709. The van der Waals surface area contributed by atoms with Crippen molar-refractivity contribution in [3.63, 3.8) is 0 Å². The van der Waals surface area contributed by atoms with Gasteiger partial charge in [-0.05, 0) is 38.6 Å². The molecule has 1 aromatic rings. The smallest absolute Gasteiger partial charge is 0.220 e. The molecule has 1 aromatic carbocycles. The minimum absolute atomic E-state index is 0.0709. The number of methoxy groups -OCH3 is 1.